The molecule has 1 N–H and O–H groups in total. The van der Waals surface area contributed by atoms with E-state index in [1.807, 2.05) is 0 Å². The van der Waals surface area contributed by atoms with E-state index in [1.165, 1.54) is 30.6 Å². The molecule has 0 atom stereocenters. The minimum absolute atomic E-state index is 0.162. The highest BCUT2D eigenvalue weighted by Crippen LogP contribution is 2.35. The molecule has 3 rings (SSSR count). The van der Waals surface area contributed by atoms with Gasteiger partial charge in [-0.05, 0) is 49.2 Å². The summed E-state index contributed by atoms with van der Waals surface area (Å²) < 4.78 is 45.1. The number of aryl methyl sites for hydroxylation is 2. The monoisotopic (exact) mass is 421 g/mol. The van der Waals surface area contributed by atoms with Crippen molar-refractivity contribution in [1.29, 1.82) is 0 Å². The van der Waals surface area contributed by atoms with Gasteiger partial charge in [0.05, 0.1) is 23.6 Å². The van der Waals surface area contributed by atoms with Crippen molar-refractivity contribution < 1.29 is 22.7 Å². The van der Waals surface area contributed by atoms with E-state index in [9.17, 15) is 18.0 Å². The topological polar surface area (TPSA) is 64.1 Å². The normalized spacial score (nSPS) is 11.2. The Kier molecular flexibility index (Phi) is 5.74. The molecule has 9 heteroatoms. The summed E-state index contributed by atoms with van der Waals surface area (Å²) >= 11 is 5.78. The number of benzene rings is 2. The molecule has 5 nitrogen and oxygen atoms in total. The number of nitrogens with zero attached hydrogens (tertiary/aromatic N) is 2. The summed E-state index contributed by atoms with van der Waals surface area (Å²) in [4.78, 5) is 20.5. The fourth-order valence-electron chi connectivity index (χ4n) is 2.86. The predicted octanol–water partition coefficient (Wildman–Crippen LogP) is 5.81. The summed E-state index contributed by atoms with van der Waals surface area (Å²) in [7, 11) is 0. The zero-order valence-corrected chi connectivity index (χ0v) is 16.1. The quantitative estimate of drug-likeness (QED) is 0.577. The number of alkyl halides is 3. The van der Waals surface area contributed by atoms with Crippen LogP contribution in [-0.4, -0.2) is 15.9 Å². The van der Waals surface area contributed by atoms with Crippen LogP contribution in [0.15, 0.2) is 48.8 Å². The Hall–Kier alpha value is -3.13. The third kappa shape index (κ3) is 4.83. The van der Waals surface area contributed by atoms with E-state index < -0.39 is 17.6 Å². The molecule has 0 unspecified atom stereocenters. The van der Waals surface area contributed by atoms with E-state index in [-0.39, 0.29) is 22.3 Å². The summed E-state index contributed by atoms with van der Waals surface area (Å²) in [6, 6.07) is 7.98. The van der Waals surface area contributed by atoms with E-state index in [0.29, 0.717) is 16.9 Å². The fourth-order valence-corrected chi connectivity index (χ4v) is 3.00. The number of amides is 1. The molecule has 0 aliphatic rings. The number of nitrogens with one attached hydrogen (secondary N) is 1. The Morgan fingerprint density at radius 1 is 1.10 bits per heavy atom. The lowest BCUT2D eigenvalue weighted by Crippen LogP contribution is -2.18. The number of hydrogen-bond donors (Lipinski definition) is 1. The molecule has 29 heavy (non-hydrogen) atoms. The Balaban J connectivity index is 1.87. The number of carbonyl (C=O) groups excluding carboxylic acids is 1. The van der Waals surface area contributed by atoms with Gasteiger partial charge in [-0.1, -0.05) is 23.7 Å². The van der Waals surface area contributed by atoms with Crippen LogP contribution in [0.3, 0.4) is 0 Å². The summed E-state index contributed by atoms with van der Waals surface area (Å²) in [6.45, 7) is 3.32. The van der Waals surface area contributed by atoms with Crippen molar-refractivity contribution in [1.82, 2.24) is 9.97 Å². The highest BCUT2D eigenvalue weighted by molar-refractivity contribution is 6.29. The van der Waals surface area contributed by atoms with Crippen LogP contribution >= 0.6 is 11.6 Å². The maximum absolute atomic E-state index is 13.2. The van der Waals surface area contributed by atoms with Crippen molar-refractivity contribution in [2.75, 3.05) is 5.32 Å². The van der Waals surface area contributed by atoms with Crippen LogP contribution < -0.4 is 10.1 Å². The number of anilines is 1. The Labute approximate surface area is 169 Å². The third-order valence-electron chi connectivity index (χ3n) is 4.02. The lowest BCUT2D eigenvalue weighted by molar-refractivity contribution is -0.136. The highest BCUT2D eigenvalue weighted by Gasteiger charge is 2.33. The SMILES string of the molecule is Cc1cc(Oc2cncc(Cl)n2)cc(C)c1C(=O)Nc1ccccc1C(F)(F)F. The zero-order valence-electron chi connectivity index (χ0n) is 15.3. The molecule has 0 saturated carbocycles. The Morgan fingerprint density at radius 2 is 1.76 bits per heavy atom. The maximum Gasteiger partial charge on any atom is 0.418 e. The average Bonchev–Trinajstić information content (AvgIpc) is 2.60. The number of carbonyl (C=O) groups is 1. The van der Waals surface area contributed by atoms with Gasteiger partial charge in [-0.15, -0.1) is 0 Å². The van der Waals surface area contributed by atoms with Gasteiger partial charge >= 0.3 is 6.18 Å². The van der Waals surface area contributed by atoms with E-state index in [0.717, 1.165) is 6.07 Å². The summed E-state index contributed by atoms with van der Waals surface area (Å²) in [5, 5.41) is 2.51. The van der Waals surface area contributed by atoms with Crippen LogP contribution in [0, 0.1) is 13.8 Å². The molecule has 150 valence electrons. The Morgan fingerprint density at radius 3 is 2.38 bits per heavy atom. The van der Waals surface area contributed by atoms with Crippen molar-refractivity contribution in [2.24, 2.45) is 0 Å². The highest BCUT2D eigenvalue weighted by atomic mass is 35.5. The van der Waals surface area contributed by atoms with Crippen LogP contribution in [0.4, 0.5) is 18.9 Å². The molecule has 0 fully saturated rings. The van der Waals surface area contributed by atoms with Crippen molar-refractivity contribution >= 4 is 23.2 Å². The molecule has 3 aromatic rings. The number of halogens is 4. The zero-order chi connectivity index (χ0) is 21.2. The number of ether oxygens (including phenoxy) is 1. The second-order valence-electron chi connectivity index (χ2n) is 6.21. The van der Waals surface area contributed by atoms with Gasteiger partial charge in [0.1, 0.15) is 5.75 Å². The van der Waals surface area contributed by atoms with Crippen LogP contribution in [0.2, 0.25) is 5.15 Å². The minimum Gasteiger partial charge on any atom is -0.437 e. The molecule has 2 aromatic carbocycles. The van der Waals surface area contributed by atoms with Crippen molar-refractivity contribution in [3.63, 3.8) is 0 Å². The van der Waals surface area contributed by atoms with Gasteiger partial charge in [0.2, 0.25) is 5.88 Å². The van der Waals surface area contributed by atoms with Crippen LogP contribution in [-0.2, 0) is 6.18 Å². The average molecular weight is 422 g/mol. The van der Waals surface area contributed by atoms with Gasteiger partial charge < -0.3 is 10.1 Å². The van der Waals surface area contributed by atoms with Crippen molar-refractivity contribution in [2.45, 2.75) is 20.0 Å². The number of para-hydroxylation sites is 1. The standard InChI is InChI=1S/C20H15ClF3N3O2/c1-11-7-13(29-17-10-25-9-16(21)27-17)8-12(2)18(11)19(28)26-15-6-4-3-5-14(15)20(22,23)24/h3-10H,1-2H3,(H,26,28). The number of hydrogen-bond acceptors (Lipinski definition) is 4. The smallest absolute Gasteiger partial charge is 0.418 e. The fraction of sp³-hybridized carbons (Fsp3) is 0.150. The van der Waals surface area contributed by atoms with Crippen LogP contribution in [0.25, 0.3) is 0 Å². The van der Waals surface area contributed by atoms with Gasteiger partial charge in [0.25, 0.3) is 5.91 Å². The molecule has 0 spiro atoms. The molecule has 1 aromatic heterocycles. The van der Waals surface area contributed by atoms with E-state index in [1.54, 1.807) is 26.0 Å². The summed E-state index contributed by atoms with van der Waals surface area (Å²) in [5.74, 6) is -0.0813. The molecule has 0 radical (unpaired) electrons. The van der Waals surface area contributed by atoms with Gasteiger partial charge in [0.15, 0.2) is 5.15 Å². The second kappa shape index (κ2) is 8.08. The van der Waals surface area contributed by atoms with E-state index in [4.69, 9.17) is 16.3 Å². The first-order valence-electron chi connectivity index (χ1n) is 8.39. The number of aromatic nitrogens is 2. The molecule has 0 aliphatic carbocycles. The molecular weight excluding hydrogens is 407 g/mol. The van der Waals surface area contributed by atoms with E-state index >= 15 is 0 Å². The van der Waals surface area contributed by atoms with Gasteiger partial charge in [-0.25, -0.2) is 0 Å². The lowest BCUT2D eigenvalue weighted by Gasteiger charge is -2.16. The summed E-state index contributed by atoms with van der Waals surface area (Å²) in [6.07, 6.45) is -1.84. The molecule has 0 bridgehead atoms. The third-order valence-corrected chi connectivity index (χ3v) is 4.20. The largest absolute Gasteiger partial charge is 0.437 e. The first kappa shape index (κ1) is 20.6. The minimum atomic E-state index is -4.58. The van der Waals surface area contributed by atoms with Crippen molar-refractivity contribution in [3.05, 3.63) is 76.2 Å². The summed E-state index contributed by atoms with van der Waals surface area (Å²) in [5.41, 5.74) is 0.0851. The molecule has 1 heterocycles. The first-order valence-corrected chi connectivity index (χ1v) is 8.77. The predicted molar refractivity (Wildman–Crippen MR) is 102 cm³/mol. The van der Waals surface area contributed by atoms with Crippen LogP contribution in [0.5, 0.6) is 11.6 Å². The van der Waals surface area contributed by atoms with Crippen LogP contribution in [0.1, 0.15) is 27.0 Å². The van der Waals surface area contributed by atoms with Gasteiger partial charge in [0, 0.05) is 5.56 Å². The first-order chi connectivity index (χ1) is 13.6. The molecule has 1 amide bonds. The van der Waals surface area contributed by atoms with Crippen molar-refractivity contribution in [3.8, 4) is 11.6 Å². The van der Waals surface area contributed by atoms with E-state index in [2.05, 4.69) is 15.3 Å². The Bertz CT molecular complexity index is 1050. The maximum atomic E-state index is 13.2. The lowest BCUT2D eigenvalue weighted by atomic mass is 10.0. The second-order valence-corrected chi connectivity index (χ2v) is 6.60. The molecular formula is C20H15ClF3N3O2. The number of rotatable bonds is 4. The van der Waals surface area contributed by atoms with Gasteiger partial charge in [-0.3, -0.25) is 9.78 Å². The molecule has 0 aliphatic heterocycles. The van der Waals surface area contributed by atoms with Gasteiger partial charge in [-0.2, -0.15) is 18.2 Å². The molecule has 0 saturated heterocycles.